The molecule has 166 valence electrons. The summed E-state index contributed by atoms with van der Waals surface area (Å²) in [5.74, 6) is 1.08. The van der Waals surface area contributed by atoms with Gasteiger partial charge in [-0.2, -0.15) is 0 Å². The predicted octanol–water partition coefficient (Wildman–Crippen LogP) is 4.01. The van der Waals surface area contributed by atoms with Gasteiger partial charge in [0, 0.05) is 25.1 Å². The summed E-state index contributed by atoms with van der Waals surface area (Å²) in [6, 6.07) is 7.93. The van der Waals surface area contributed by atoms with E-state index in [1.807, 2.05) is 45.0 Å². The highest BCUT2D eigenvalue weighted by Gasteiger charge is 2.38. The highest BCUT2D eigenvalue weighted by atomic mass is 16.6. The van der Waals surface area contributed by atoms with E-state index in [1.165, 1.54) is 0 Å². The Morgan fingerprint density at radius 1 is 1.33 bits per heavy atom. The van der Waals surface area contributed by atoms with Crippen LogP contribution in [0.25, 0.3) is 0 Å². The smallest absolute Gasteiger partial charge is 0.493 e. The molecule has 0 aliphatic carbocycles. The molecule has 1 aromatic carbocycles. The van der Waals surface area contributed by atoms with Gasteiger partial charge < -0.3 is 23.7 Å². The zero-order chi connectivity index (χ0) is 21.9. The molecule has 6 nitrogen and oxygen atoms in total. The summed E-state index contributed by atoms with van der Waals surface area (Å²) in [6.45, 7) is 13.9. The molecule has 2 aliphatic heterocycles. The Balaban J connectivity index is 1.56. The Hall–Kier alpha value is -1.73. The van der Waals surface area contributed by atoms with Crippen LogP contribution in [-0.4, -0.2) is 55.1 Å². The molecule has 0 N–H and O–H groups in total. The van der Waals surface area contributed by atoms with Crippen LogP contribution in [0.5, 0.6) is 5.75 Å². The molecule has 30 heavy (non-hydrogen) atoms. The van der Waals surface area contributed by atoms with E-state index in [2.05, 4.69) is 20.8 Å². The lowest BCUT2D eigenvalue weighted by atomic mass is 9.75. The number of nitrogens with zero attached hydrogens (tertiary/aromatic N) is 1. The summed E-state index contributed by atoms with van der Waals surface area (Å²) >= 11 is 0. The normalized spacial score (nSPS) is 24.5. The number of benzene rings is 1. The first-order chi connectivity index (χ1) is 14.0. The van der Waals surface area contributed by atoms with Crippen LogP contribution < -0.4 is 10.2 Å². The molecule has 2 unspecified atom stereocenters. The van der Waals surface area contributed by atoms with Gasteiger partial charge in [-0.1, -0.05) is 12.1 Å². The first kappa shape index (κ1) is 22.9. The van der Waals surface area contributed by atoms with Crippen LogP contribution in [0.2, 0.25) is 0 Å². The van der Waals surface area contributed by atoms with Gasteiger partial charge in [-0.3, -0.25) is 0 Å². The van der Waals surface area contributed by atoms with E-state index in [0.717, 1.165) is 37.0 Å². The molecule has 0 radical (unpaired) electrons. The fourth-order valence-electron chi connectivity index (χ4n) is 4.12. The number of hydrogen-bond donors (Lipinski definition) is 0. The molecule has 2 saturated heterocycles. The van der Waals surface area contributed by atoms with E-state index in [1.54, 1.807) is 4.90 Å². The van der Waals surface area contributed by atoms with Crippen molar-refractivity contribution in [3.05, 3.63) is 24.3 Å². The monoisotopic (exact) mass is 417 g/mol. The van der Waals surface area contributed by atoms with Gasteiger partial charge in [-0.15, -0.1) is 0 Å². The second-order valence-corrected chi connectivity index (χ2v) is 10.2. The van der Waals surface area contributed by atoms with Crippen molar-refractivity contribution in [1.29, 1.82) is 0 Å². The second kappa shape index (κ2) is 9.19. The Morgan fingerprint density at radius 2 is 2.10 bits per heavy atom. The molecule has 0 aromatic heterocycles. The molecule has 0 saturated carbocycles. The maximum absolute atomic E-state index is 12.4. The molecule has 2 aliphatic rings. The SMILES string of the molecule is CC1CC(C)(C)OB(c2cccc(OCC3CCCN(C(=O)OC(C)(C)C)C3)c2)O1. The molecular weight excluding hydrogens is 381 g/mol. The minimum atomic E-state index is -0.476. The number of carbonyl (C=O) groups excluding carboxylic acids is 1. The van der Waals surface area contributed by atoms with E-state index >= 15 is 0 Å². The van der Waals surface area contributed by atoms with Crippen LogP contribution in [0.1, 0.15) is 60.8 Å². The maximum atomic E-state index is 12.4. The van der Waals surface area contributed by atoms with Gasteiger partial charge in [0.15, 0.2) is 0 Å². The van der Waals surface area contributed by atoms with Crippen LogP contribution in [0, 0.1) is 5.92 Å². The number of rotatable bonds is 4. The molecular formula is C23H36BNO5. The minimum absolute atomic E-state index is 0.143. The Bertz CT molecular complexity index is 733. The van der Waals surface area contributed by atoms with Crippen LogP contribution in [0.4, 0.5) is 4.79 Å². The average molecular weight is 417 g/mol. The van der Waals surface area contributed by atoms with Crippen molar-refractivity contribution >= 4 is 18.7 Å². The number of hydrogen-bond acceptors (Lipinski definition) is 5. The van der Waals surface area contributed by atoms with Crippen molar-refractivity contribution in [2.45, 2.75) is 78.1 Å². The maximum Gasteiger partial charge on any atom is 0.494 e. The topological polar surface area (TPSA) is 57.2 Å². The van der Waals surface area contributed by atoms with Gasteiger partial charge in [-0.25, -0.2) is 4.79 Å². The standard InChI is InChI=1S/C23H36BNO5/c1-17-14-23(5,6)30-24(29-17)19-10-7-11-20(13-19)27-16-18-9-8-12-25(15-18)21(26)28-22(2,3)4/h7,10-11,13,17-18H,8-9,12,14-16H2,1-6H3. The van der Waals surface area contributed by atoms with E-state index in [4.69, 9.17) is 18.8 Å². The lowest BCUT2D eigenvalue weighted by molar-refractivity contribution is -0.0230. The van der Waals surface area contributed by atoms with E-state index in [-0.39, 0.29) is 30.8 Å². The molecule has 2 heterocycles. The van der Waals surface area contributed by atoms with Gasteiger partial charge in [0.05, 0.1) is 12.2 Å². The third-order valence-electron chi connectivity index (χ3n) is 5.35. The van der Waals surface area contributed by atoms with E-state index < -0.39 is 5.60 Å². The third kappa shape index (κ3) is 6.64. The molecule has 1 amide bonds. The van der Waals surface area contributed by atoms with Gasteiger partial charge >= 0.3 is 13.2 Å². The Morgan fingerprint density at radius 3 is 2.80 bits per heavy atom. The summed E-state index contributed by atoms with van der Waals surface area (Å²) < 4.78 is 23.7. The minimum Gasteiger partial charge on any atom is -0.493 e. The highest BCUT2D eigenvalue weighted by molar-refractivity contribution is 6.61. The van der Waals surface area contributed by atoms with Crippen molar-refractivity contribution in [3.63, 3.8) is 0 Å². The van der Waals surface area contributed by atoms with Crippen LogP contribution in [-0.2, 0) is 14.0 Å². The highest BCUT2D eigenvalue weighted by Crippen LogP contribution is 2.26. The summed E-state index contributed by atoms with van der Waals surface area (Å²) in [5, 5.41) is 0. The zero-order valence-electron chi connectivity index (χ0n) is 19.3. The third-order valence-corrected chi connectivity index (χ3v) is 5.35. The van der Waals surface area contributed by atoms with Crippen molar-refractivity contribution in [3.8, 4) is 5.75 Å². The van der Waals surface area contributed by atoms with Crippen molar-refractivity contribution in [2.75, 3.05) is 19.7 Å². The van der Waals surface area contributed by atoms with Crippen molar-refractivity contribution in [1.82, 2.24) is 4.90 Å². The number of ether oxygens (including phenoxy) is 2. The number of piperidine rings is 1. The fourth-order valence-corrected chi connectivity index (χ4v) is 4.12. The van der Waals surface area contributed by atoms with Gasteiger partial charge in [0.2, 0.25) is 0 Å². The van der Waals surface area contributed by atoms with E-state index in [9.17, 15) is 4.79 Å². The Kier molecular flexibility index (Phi) is 7.03. The van der Waals surface area contributed by atoms with Gasteiger partial charge in [0.25, 0.3) is 0 Å². The van der Waals surface area contributed by atoms with Crippen LogP contribution in [0.3, 0.4) is 0 Å². The predicted molar refractivity (Wildman–Crippen MR) is 118 cm³/mol. The lowest BCUT2D eigenvalue weighted by Gasteiger charge is -2.38. The second-order valence-electron chi connectivity index (χ2n) is 10.2. The largest absolute Gasteiger partial charge is 0.494 e. The quantitative estimate of drug-likeness (QED) is 0.693. The lowest BCUT2D eigenvalue weighted by Crippen LogP contribution is -2.51. The van der Waals surface area contributed by atoms with E-state index in [0.29, 0.717) is 13.2 Å². The summed E-state index contributed by atoms with van der Waals surface area (Å²) in [4.78, 5) is 14.2. The average Bonchev–Trinajstić information content (AvgIpc) is 2.64. The molecule has 2 fully saturated rings. The molecule has 3 rings (SSSR count). The molecule has 2 atom stereocenters. The summed E-state index contributed by atoms with van der Waals surface area (Å²) in [5.41, 5.74) is 0.272. The van der Waals surface area contributed by atoms with Crippen molar-refractivity contribution in [2.24, 2.45) is 5.92 Å². The first-order valence-electron chi connectivity index (χ1n) is 11.0. The summed E-state index contributed by atoms with van der Waals surface area (Å²) in [6.07, 6.45) is 2.78. The Labute approximate surface area is 181 Å². The molecule has 1 aromatic rings. The van der Waals surface area contributed by atoms with Gasteiger partial charge in [0.1, 0.15) is 11.4 Å². The summed E-state index contributed by atoms with van der Waals surface area (Å²) in [7, 11) is -0.385. The number of amides is 1. The van der Waals surface area contributed by atoms with Gasteiger partial charge in [-0.05, 0) is 78.4 Å². The zero-order valence-corrected chi connectivity index (χ0v) is 19.3. The number of likely N-dealkylation sites (tertiary alicyclic amines) is 1. The molecule has 0 spiro atoms. The molecule has 0 bridgehead atoms. The fraction of sp³-hybridized carbons (Fsp3) is 0.696. The van der Waals surface area contributed by atoms with Crippen molar-refractivity contribution < 1.29 is 23.6 Å². The van der Waals surface area contributed by atoms with Crippen LogP contribution >= 0.6 is 0 Å². The molecule has 7 heteroatoms. The van der Waals surface area contributed by atoms with Crippen LogP contribution in [0.15, 0.2) is 24.3 Å². The first-order valence-corrected chi connectivity index (χ1v) is 11.0. The number of carbonyl (C=O) groups is 1.